The molecule has 1 N–H and O–H groups in total. The first kappa shape index (κ1) is 33.8. The van der Waals surface area contributed by atoms with Gasteiger partial charge < -0.3 is 14.0 Å². The molecule has 42 heavy (non-hydrogen) atoms. The summed E-state index contributed by atoms with van der Waals surface area (Å²) in [6.45, 7) is 17.2. The van der Waals surface area contributed by atoms with E-state index in [1.807, 2.05) is 25.1 Å². The lowest BCUT2D eigenvalue weighted by Gasteiger charge is -2.24. The summed E-state index contributed by atoms with van der Waals surface area (Å²) in [6, 6.07) is 9.36. The van der Waals surface area contributed by atoms with Gasteiger partial charge in [-0.05, 0) is 81.3 Å². The lowest BCUT2D eigenvalue weighted by atomic mass is 9.84. The van der Waals surface area contributed by atoms with Crippen LogP contribution in [0.25, 0.3) is 0 Å². The average molecular weight is 614 g/mol. The van der Waals surface area contributed by atoms with Crippen molar-refractivity contribution in [2.24, 2.45) is 0 Å². The smallest absolute Gasteiger partial charge is 0.339 e. The molecular weight excluding hydrogens is 565 g/mol. The summed E-state index contributed by atoms with van der Waals surface area (Å²) in [5.74, 6) is -0.242. The van der Waals surface area contributed by atoms with Crippen molar-refractivity contribution in [2.45, 2.75) is 98.6 Å². The molecule has 0 fully saturated rings. The molecule has 0 radical (unpaired) electrons. The molecule has 0 spiro atoms. The van der Waals surface area contributed by atoms with Crippen molar-refractivity contribution in [1.82, 2.24) is 5.09 Å². The van der Waals surface area contributed by atoms with Gasteiger partial charge in [-0.1, -0.05) is 68.9 Å². The first-order valence-electron chi connectivity index (χ1n) is 15.1. The molecule has 1 aliphatic heterocycles. The van der Waals surface area contributed by atoms with Crippen LogP contribution in [0, 0.1) is 6.92 Å². The highest BCUT2D eigenvalue weighted by molar-refractivity contribution is 7.57. The van der Waals surface area contributed by atoms with E-state index < -0.39 is 27.6 Å². The van der Waals surface area contributed by atoms with Crippen LogP contribution in [0.1, 0.15) is 72.3 Å². The van der Waals surface area contributed by atoms with Gasteiger partial charge in [0.25, 0.3) is 0 Å². The van der Waals surface area contributed by atoms with Crippen molar-refractivity contribution in [3.05, 3.63) is 75.4 Å². The lowest BCUT2D eigenvalue weighted by molar-refractivity contribution is -0.144. The van der Waals surface area contributed by atoms with Crippen molar-refractivity contribution < 1.29 is 28.2 Å². The lowest BCUT2D eigenvalue weighted by Crippen LogP contribution is -2.35. The monoisotopic (exact) mass is 613 g/mol. The van der Waals surface area contributed by atoms with Crippen molar-refractivity contribution in [1.29, 1.82) is 0 Å². The molecule has 230 valence electrons. The van der Waals surface area contributed by atoms with Gasteiger partial charge in [0.05, 0.1) is 18.3 Å². The molecular formula is C33H48NO6PSi. The highest BCUT2D eigenvalue weighted by Crippen LogP contribution is 2.45. The van der Waals surface area contributed by atoms with Gasteiger partial charge in [-0.3, -0.25) is 9.36 Å². The van der Waals surface area contributed by atoms with Crippen LogP contribution in [0.15, 0.2) is 42.0 Å². The maximum Gasteiger partial charge on any atom is 0.339 e. The van der Waals surface area contributed by atoms with Crippen LogP contribution in [0.5, 0.6) is 5.75 Å². The minimum atomic E-state index is -3.54. The topological polar surface area (TPSA) is 90.9 Å². The molecule has 2 atom stereocenters. The number of cyclic esters (lactones) is 1. The van der Waals surface area contributed by atoms with Gasteiger partial charge in [-0.25, -0.2) is 9.88 Å². The van der Waals surface area contributed by atoms with Gasteiger partial charge in [0.1, 0.15) is 18.4 Å². The van der Waals surface area contributed by atoms with E-state index in [0.717, 1.165) is 47.1 Å². The third-order valence-electron chi connectivity index (χ3n) is 7.64. The summed E-state index contributed by atoms with van der Waals surface area (Å²) in [5, 5.41) is 2.94. The fourth-order valence-electron chi connectivity index (χ4n) is 5.58. The fourth-order valence-corrected chi connectivity index (χ4v) is 8.97. The zero-order valence-corrected chi connectivity index (χ0v) is 28.5. The van der Waals surface area contributed by atoms with E-state index in [9.17, 15) is 14.2 Å². The van der Waals surface area contributed by atoms with E-state index in [2.05, 4.69) is 44.7 Å². The SMILES string of the molecule is CCOC(=O)[C@H](C)NP(=O)(C/C(C)=C/Cc1c(CC)c(C)c2c(c1CCC[Si](C)(C)C)C(=O)OC2)Oc1ccccc1. The number of carbonyl (C=O) groups is 2. The quantitative estimate of drug-likeness (QED) is 0.0949. The molecule has 2 aromatic carbocycles. The van der Waals surface area contributed by atoms with Crippen molar-refractivity contribution >= 4 is 27.5 Å². The summed E-state index contributed by atoms with van der Waals surface area (Å²) in [5.41, 5.74) is 7.33. The van der Waals surface area contributed by atoms with Crippen LogP contribution in [0.4, 0.5) is 0 Å². The number of fused-ring (bicyclic) bond motifs is 1. The van der Waals surface area contributed by atoms with Crippen LogP contribution < -0.4 is 9.61 Å². The maximum atomic E-state index is 14.2. The Bertz CT molecular complexity index is 1350. The highest BCUT2D eigenvalue weighted by atomic mass is 31.2. The number of carbonyl (C=O) groups excluding carboxylic acids is 2. The van der Waals surface area contributed by atoms with Crippen LogP contribution in [0.3, 0.4) is 0 Å². The van der Waals surface area contributed by atoms with E-state index in [1.54, 1.807) is 26.0 Å². The van der Waals surface area contributed by atoms with Crippen LogP contribution in [-0.4, -0.2) is 38.8 Å². The minimum absolute atomic E-state index is 0.115. The highest BCUT2D eigenvalue weighted by Gasteiger charge is 2.32. The number of benzene rings is 2. The molecule has 0 amide bonds. The molecule has 2 aromatic rings. The van der Waals surface area contributed by atoms with Crippen LogP contribution in [-0.2, 0) is 44.7 Å². The Morgan fingerprint density at radius 3 is 2.45 bits per heavy atom. The number of ether oxygens (including phenoxy) is 2. The maximum absolute atomic E-state index is 14.2. The van der Waals surface area contributed by atoms with Gasteiger partial charge in [-0.15, -0.1) is 0 Å². The molecule has 1 aliphatic rings. The van der Waals surface area contributed by atoms with Gasteiger partial charge in [0, 0.05) is 13.6 Å². The normalized spacial score (nSPS) is 15.5. The van der Waals surface area contributed by atoms with E-state index >= 15 is 0 Å². The van der Waals surface area contributed by atoms with E-state index in [1.165, 1.54) is 17.2 Å². The number of allylic oxidation sites excluding steroid dienone is 2. The predicted molar refractivity (Wildman–Crippen MR) is 172 cm³/mol. The minimum Gasteiger partial charge on any atom is -0.465 e. The molecule has 0 bridgehead atoms. The third-order valence-corrected chi connectivity index (χ3v) is 11.7. The summed E-state index contributed by atoms with van der Waals surface area (Å²) >= 11 is 0. The predicted octanol–water partition coefficient (Wildman–Crippen LogP) is 7.80. The van der Waals surface area contributed by atoms with Crippen LogP contribution in [0.2, 0.25) is 25.7 Å². The van der Waals surface area contributed by atoms with Crippen molar-refractivity contribution in [3.63, 3.8) is 0 Å². The van der Waals surface area contributed by atoms with Gasteiger partial charge in [0.2, 0.25) is 0 Å². The average Bonchev–Trinajstić information content (AvgIpc) is 3.30. The Balaban J connectivity index is 1.95. The molecule has 1 unspecified atom stereocenters. The second-order valence-corrected chi connectivity index (χ2v) is 20.1. The zero-order chi connectivity index (χ0) is 31.1. The van der Waals surface area contributed by atoms with Crippen LogP contribution >= 0.6 is 7.52 Å². The molecule has 9 heteroatoms. The summed E-state index contributed by atoms with van der Waals surface area (Å²) in [6.07, 6.45) is 5.53. The first-order chi connectivity index (χ1) is 19.8. The molecule has 7 nitrogen and oxygen atoms in total. The van der Waals surface area contributed by atoms with E-state index in [0.29, 0.717) is 18.8 Å². The number of esters is 2. The van der Waals surface area contributed by atoms with Crippen molar-refractivity contribution in [3.8, 4) is 5.75 Å². The zero-order valence-electron chi connectivity index (χ0n) is 26.6. The molecule has 0 saturated heterocycles. The van der Waals surface area contributed by atoms with E-state index in [4.69, 9.17) is 14.0 Å². The molecule has 1 heterocycles. The largest absolute Gasteiger partial charge is 0.465 e. The second-order valence-electron chi connectivity index (χ2n) is 12.4. The molecule has 0 aromatic heterocycles. The summed E-state index contributed by atoms with van der Waals surface area (Å²) < 4.78 is 30.8. The number of para-hydroxylation sites is 1. The van der Waals surface area contributed by atoms with Gasteiger partial charge in [0.15, 0.2) is 0 Å². The molecule has 0 saturated carbocycles. The Morgan fingerprint density at radius 1 is 1.14 bits per heavy atom. The Kier molecular flexibility index (Phi) is 11.8. The number of hydrogen-bond acceptors (Lipinski definition) is 6. The standard InChI is InChI=1S/C33H48NO6PSi/c1-9-27-24(4)30-21-39-33(36)31(30)29(17-14-20-42(6,7)8)28(27)19-18-23(3)22-41(37,34-25(5)32(35)38-10-2)40-26-15-12-11-13-16-26/h11-13,15-16,18,25H,9-10,14,17,19-22H2,1-8H3,(H,34,37)/b23-18+/t25-,41?/m0/s1. The Hall–Kier alpha value is -2.67. The summed E-state index contributed by atoms with van der Waals surface area (Å²) in [4.78, 5) is 25.3. The Morgan fingerprint density at radius 2 is 1.83 bits per heavy atom. The van der Waals surface area contributed by atoms with Crippen molar-refractivity contribution in [2.75, 3.05) is 12.8 Å². The number of rotatable bonds is 15. The number of nitrogens with one attached hydrogen (secondary N) is 1. The summed E-state index contributed by atoms with van der Waals surface area (Å²) in [7, 11) is -4.78. The van der Waals surface area contributed by atoms with Gasteiger partial charge >= 0.3 is 19.5 Å². The Labute approximate surface area is 252 Å². The third kappa shape index (κ3) is 8.92. The first-order valence-corrected chi connectivity index (χ1v) is 20.6. The number of hydrogen-bond donors (Lipinski definition) is 1. The fraction of sp³-hybridized carbons (Fsp3) is 0.515. The molecule has 0 aliphatic carbocycles. The second kappa shape index (κ2) is 14.7. The van der Waals surface area contributed by atoms with Gasteiger partial charge in [-0.2, -0.15) is 0 Å². The van der Waals surface area contributed by atoms with E-state index in [-0.39, 0.29) is 18.7 Å². The molecule has 3 rings (SSSR count).